The predicted molar refractivity (Wildman–Crippen MR) is 90.1 cm³/mol. The second-order valence-electron chi connectivity index (χ2n) is 5.24. The number of carbonyl (C=O) groups excluding carboxylic acids is 2. The Morgan fingerprint density at radius 2 is 2.16 bits per heavy atom. The molecular weight excluding hydrogens is 344 g/mol. The summed E-state index contributed by atoms with van der Waals surface area (Å²) in [7, 11) is 0. The number of nitrogens with zero attached hydrogens (tertiary/aromatic N) is 4. The Bertz CT molecular complexity index is 906. The largest absolute Gasteiger partial charge is 0.467 e. The molecule has 0 aliphatic heterocycles. The van der Waals surface area contributed by atoms with Crippen LogP contribution in [-0.4, -0.2) is 37.3 Å². The summed E-state index contributed by atoms with van der Waals surface area (Å²) in [4.78, 5) is 32.0. The van der Waals surface area contributed by atoms with Crippen molar-refractivity contribution in [1.29, 1.82) is 0 Å². The quantitative estimate of drug-likeness (QED) is 0.662. The van der Waals surface area contributed by atoms with E-state index in [0.29, 0.717) is 16.7 Å². The summed E-state index contributed by atoms with van der Waals surface area (Å²) < 4.78 is 6.70. The molecule has 0 bridgehead atoms. The minimum Gasteiger partial charge on any atom is -0.467 e. The predicted octanol–water partition coefficient (Wildman–Crippen LogP) is 1.45. The number of rotatable bonds is 5. The fraction of sp³-hybridized carbons (Fsp3) is 0.267. The van der Waals surface area contributed by atoms with E-state index >= 15 is 0 Å². The number of hydrogen-bond acceptors (Lipinski definition) is 7. The third-order valence-corrected chi connectivity index (χ3v) is 4.03. The molecule has 10 heteroatoms. The first-order valence-corrected chi connectivity index (χ1v) is 8.44. The molecule has 3 rings (SSSR count). The fourth-order valence-electron chi connectivity index (χ4n) is 2.13. The highest BCUT2D eigenvalue weighted by molar-refractivity contribution is 7.99. The van der Waals surface area contributed by atoms with Gasteiger partial charge in [0.05, 0.1) is 18.6 Å². The van der Waals surface area contributed by atoms with Gasteiger partial charge in [-0.1, -0.05) is 11.8 Å². The third-order valence-electron chi connectivity index (χ3n) is 3.19. The van der Waals surface area contributed by atoms with Crippen LogP contribution in [0.3, 0.4) is 0 Å². The van der Waals surface area contributed by atoms with E-state index in [1.54, 1.807) is 16.6 Å². The van der Waals surface area contributed by atoms with Gasteiger partial charge in [0.15, 0.2) is 0 Å². The van der Waals surface area contributed by atoms with Crippen molar-refractivity contribution in [1.82, 2.24) is 30.2 Å². The molecule has 3 heterocycles. The molecule has 0 spiro atoms. The molecule has 0 aromatic carbocycles. The number of nitrogens with one attached hydrogen (secondary N) is 2. The third kappa shape index (κ3) is 4.35. The standard InChI is InChI=1S/C15H16N6O3S/c1-9-6-10(2)21-13(17-9)19-15(20-21)25-8-12(22)18-14(23)16-7-11-4-3-5-24-11/h3-6H,7-8H2,1-2H3,(H2,16,18,22,23). The van der Waals surface area contributed by atoms with Gasteiger partial charge < -0.3 is 9.73 Å². The van der Waals surface area contributed by atoms with Crippen LogP contribution in [0, 0.1) is 13.8 Å². The van der Waals surface area contributed by atoms with Gasteiger partial charge in [-0.05, 0) is 32.0 Å². The van der Waals surface area contributed by atoms with E-state index in [0.717, 1.165) is 23.1 Å². The highest BCUT2D eigenvalue weighted by atomic mass is 32.2. The number of aromatic nitrogens is 4. The molecule has 130 valence electrons. The minimum atomic E-state index is -0.585. The van der Waals surface area contributed by atoms with Crippen LogP contribution in [0.25, 0.3) is 5.78 Å². The van der Waals surface area contributed by atoms with Gasteiger partial charge in [-0.3, -0.25) is 10.1 Å². The van der Waals surface area contributed by atoms with E-state index in [2.05, 4.69) is 25.7 Å². The van der Waals surface area contributed by atoms with Crippen molar-refractivity contribution in [2.45, 2.75) is 25.5 Å². The van der Waals surface area contributed by atoms with E-state index in [1.165, 1.54) is 6.26 Å². The van der Waals surface area contributed by atoms with Gasteiger partial charge in [-0.25, -0.2) is 14.3 Å². The number of imide groups is 1. The molecule has 0 atom stereocenters. The van der Waals surface area contributed by atoms with Crippen LogP contribution in [0.4, 0.5) is 4.79 Å². The first-order valence-electron chi connectivity index (χ1n) is 7.45. The summed E-state index contributed by atoms with van der Waals surface area (Å²) in [6, 6.07) is 4.76. The second-order valence-corrected chi connectivity index (χ2v) is 6.19. The molecule has 3 aromatic heterocycles. The van der Waals surface area contributed by atoms with Gasteiger partial charge in [0.1, 0.15) is 5.76 Å². The van der Waals surface area contributed by atoms with Crippen LogP contribution in [-0.2, 0) is 11.3 Å². The van der Waals surface area contributed by atoms with Crippen LogP contribution < -0.4 is 10.6 Å². The molecule has 9 nitrogen and oxygen atoms in total. The van der Waals surface area contributed by atoms with Crippen molar-refractivity contribution in [3.8, 4) is 0 Å². The fourth-order valence-corrected chi connectivity index (χ4v) is 2.74. The summed E-state index contributed by atoms with van der Waals surface area (Å²) in [5.74, 6) is 0.658. The molecule has 0 fully saturated rings. The van der Waals surface area contributed by atoms with Crippen LogP contribution in [0.1, 0.15) is 17.1 Å². The highest BCUT2D eigenvalue weighted by Crippen LogP contribution is 2.14. The highest BCUT2D eigenvalue weighted by Gasteiger charge is 2.12. The molecule has 3 aromatic rings. The second kappa shape index (κ2) is 7.34. The molecule has 0 aliphatic rings. The maximum absolute atomic E-state index is 11.8. The Balaban J connectivity index is 1.50. The first-order chi connectivity index (χ1) is 12.0. The number of thioether (sulfide) groups is 1. The minimum absolute atomic E-state index is 0.0169. The van der Waals surface area contributed by atoms with Crippen molar-refractivity contribution >= 4 is 29.5 Å². The lowest BCUT2D eigenvalue weighted by atomic mass is 10.4. The van der Waals surface area contributed by atoms with Gasteiger partial charge in [-0.2, -0.15) is 4.98 Å². The Labute approximate surface area is 147 Å². The lowest BCUT2D eigenvalue weighted by Gasteiger charge is -2.04. The Morgan fingerprint density at radius 1 is 1.32 bits per heavy atom. The van der Waals surface area contributed by atoms with Crippen molar-refractivity contribution in [3.05, 3.63) is 41.6 Å². The van der Waals surface area contributed by atoms with Gasteiger partial charge in [-0.15, -0.1) is 5.10 Å². The zero-order valence-electron chi connectivity index (χ0n) is 13.6. The first kappa shape index (κ1) is 17.0. The van der Waals surface area contributed by atoms with Gasteiger partial charge in [0, 0.05) is 11.4 Å². The molecular formula is C15H16N6O3S. The topological polar surface area (TPSA) is 114 Å². The SMILES string of the molecule is Cc1cc(C)n2nc(SCC(=O)NC(=O)NCc3ccco3)nc2n1. The van der Waals surface area contributed by atoms with E-state index in [1.807, 2.05) is 19.9 Å². The van der Waals surface area contributed by atoms with Crippen LogP contribution in [0.2, 0.25) is 0 Å². The number of hydrogen-bond donors (Lipinski definition) is 2. The summed E-state index contributed by atoms with van der Waals surface area (Å²) in [5.41, 5.74) is 1.75. The Morgan fingerprint density at radius 3 is 2.92 bits per heavy atom. The number of carbonyl (C=O) groups is 2. The summed E-state index contributed by atoms with van der Waals surface area (Å²) in [6.07, 6.45) is 1.51. The van der Waals surface area contributed by atoms with Crippen molar-refractivity contribution in [2.75, 3.05) is 5.75 Å². The van der Waals surface area contributed by atoms with E-state index < -0.39 is 11.9 Å². The molecule has 0 saturated heterocycles. The summed E-state index contributed by atoms with van der Waals surface area (Å²) >= 11 is 1.13. The Hall–Kier alpha value is -2.88. The van der Waals surface area contributed by atoms with Crippen molar-refractivity contribution in [2.24, 2.45) is 0 Å². The zero-order chi connectivity index (χ0) is 17.8. The molecule has 0 saturated carbocycles. The van der Waals surface area contributed by atoms with Crippen LogP contribution in [0.15, 0.2) is 34.0 Å². The van der Waals surface area contributed by atoms with Gasteiger partial charge in [0.25, 0.3) is 5.78 Å². The molecule has 0 aliphatic carbocycles. The average molecular weight is 360 g/mol. The summed E-state index contributed by atoms with van der Waals surface area (Å²) in [5, 5.41) is 9.48. The van der Waals surface area contributed by atoms with Crippen LogP contribution in [0.5, 0.6) is 0 Å². The molecule has 3 amide bonds. The zero-order valence-corrected chi connectivity index (χ0v) is 14.5. The number of aryl methyl sites for hydroxylation is 2. The summed E-state index contributed by atoms with van der Waals surface area (Å²) in [6.45, 7) is 3.99. The van der Waals surface area contributed by atoms with E-state index in [9.17, 15) is 9.59 Å². The van der Waals surface area contributed by atoms with Crippen molar-refractivity contribution in [3.63, 3.8) is 0 Å². The monoisotopic (exact) mass is 360 g/mol. The maximum atomic E-state index is 11.8. The average Bonchev–Trinajstić information content (AvgIpc) is 3.20. The lowest BCUT2D eigenvalue weighted by molar-refractivity contribution is -0.117. The molecule has 0 radical (unpaired) electrons. The molecule has 0 unspecified atom stereocenters. The number of furan rings is 1. The smallest absolute Gasteiger partial charge is 0.321 e. The van der Waals surface area contributed by atoms with E-state index in [-0.39, 0.29) is 12.3 Å². The maximum Gasteiger partial charge on any atom is 0.321 e. The van der Waals surface area contributed by atoms with Gasteiger partial charge >= 0.3 is 6.03 Å². The molecule has 2 N–H and O–H groups in total. The normalized spacial score (nSPS) is 10.8. The van der Waals surface area contributed by atoms with E-state index in [4.69, 9.17) is 4.42 Å². The van der Waals surface area contributed by atoms with Crippen LogP contribution >= 0.6 is 11.8 Å². The number of amides is 3. The lowest BCUT2D eigenvalue weighted by Crippen LogP contribution is -2.39. The van der Waals surface area contributed by atoms with Gasteiger partial charge in [0.2, 0.25) is 11.1 Å². The number of urea groups is 1. The number of fused-ring (bicyclic) bond motifs is 1. The Kier molecular flexibility index (Phi) is 4.98. The van der Waals surface area contributed by atoms with Crippen molar-refractivity contribution < 1.29 is 14.0 Å². The molecule has 25 heavy (non-hydrogen) atoms.